The summed E-state index contributed by atoms with van der Waals surface area (Å²) in [6.45, 7) is 4.25. The molecule has 0 unspecified atom stereocenters. The van der Waals surface area contributed by atoms with Crippen molar-refractivity contribution in [2.45, 2.75) is 167 Å². The highest BCUT2D eigenvalue weighted by molar-refractivity contribution is 5.76. The molecule has 2 atom stereocenters. The summed E-state index contributed by atoms with van der Waals surface area (Å²) >= 11 is 0. The van der Waals surface area contributed by atoms with E-state index in [9.17, 15) is 15.0 Å². The number of aliphatic hydroxyl groups excluding tert-OH is 2. The number of rotatable bonds is 27. The number of hydrogen-bond acceptors (Lipinski definition) is 3. The van der Waals surface area contributed by atoms with Crippen molar-refractivity contribution in [3.8, 4) is 0 Å². The lowest BCUT2D eigenvalue weighted by atomic mass is 10.1. The topological polar surface area (TPSA) is 69.6 Å². The number of aliphatic hydroxyl groups is 2. The van der Waals surface area contributed by atoms with Gasteiger partial charge in [-0.25, -0.2) is 0 Å². The van der Waals surface area contributed by atoms with Gasteiger partial charge in [-0.3, -0.25) is 4.79 Å². The third kappa shape index (κ3) is 24.6. The second-order valence-corrected chi connectivity index (χ2v) is 10.5. The van der Waals surface area contributed by atoms with Gasteiger partial charge in [0.05, 0.1) is 18.8 Å². The van der Waals surface area contributed by atoms with E-state index in [1.807, 2.05) is 6.08 Å². The summed E-state index contributed by atoms with van der Waals surface area (Å²) < 4.78 is 0. The predicted molar refractivity (Wildman–Crippen MR) is 156 cm³/mol. The van der Waals surface area contributed by atoms with Gasteiger partial charge in [-0.2, -0.15) is 0 Å². The lowest BCUT2D eigenvalue weighted by Crippen LogP contribution is -2.45. The van der Waals surface area contributed by atoms with Gasteiger partial charge in [-0.15, -0.1) is 0 Å². The molecule has 0 rings (SSSR count). The molecule has 212 valence electrons. The molecule has 0 heterocycles. The van der Waals surface area contributed by atoms with E-state index in [0.717, 1.165) is 38.5 Å². The Morgan fingerprint density at radius 1 is 0.639 bits per heavy atom. The summed E-state index contributed by atoms with van der Waals surface area (Å²) in [6, 6.07) is -0.620. The Balaban J connectivity index is 3.70. The van der Waals surface area contributed by atoms with Gasteiger partial charge in [-0.05, 0) is 44.9 Å². The van der Waals surface area contributed by atoms with Crippen LogP contribution in [0.1, 0.15) is 155 Å². The van der Waals surface area contributed by atoms with Crippen LogP contribution in [0.4, 0.5) is 0 Å². The van der Waals surface area contributed by atoms with E-state index in [2.05, 4.69) is 31.3 Å². The molecule has 36 heavy (non-hydrogen) atoms. The highest BCUT2D eigenvalue weighted by atomic mass is 16.3. The zero-order valence-electron chi connectivity index (χ0n) is 24.0. The molecule has 0 saturated carbocycles. The molecule has 0 spiro atoms. The number of amides is 1. The molecule has 0 aliphatic carbocycles. The maximum Gasteiger partial charge on any atom is 0.220 e. The Morgan fingerprint density at radius 3 is 1.56 bits per heavy atom. The fourth-order valence-corrected chi connectivity index (χ4v) is 4.46. The van der Waals surface area contributed by atoms with Gasteiger partial charge in [0.15, 0.2) is 0 Å². The van der Waals surface area contributed by atoms with Crippen LogP contribution in [0.2, 0.25) is 0 Å². The van der Waals surface area contributed by atoms with Crippen molar-refractivity contribution >= 4 is 5.91 Å². The van der Waals surface area contributed by atoms with Crippen molar-refractivity contribution in [1.82, 2.24) is 5.32 Å². The zero-order chi connectivity index (χ0) is 26.5. The standard InChI is InChI=1S/C32H61NO3/c1-3-5-7-9-11-13-15-16-18-20-22-24-26-28-32(36)33-30(29-34)31(35)27-25-23-21-19-17-14-12-10-8-6-4-2/h13,15,25,27,30-31,34-35H,3-12,14,16-24,26,28-29H2,1-2H3,(H,33,36)/b15-13+,27-25+/t30-,31+/m0/s1. The van der Waals surface area contributed by atoms with Gasteiger partial charge in [0.2, 0.25) is 5.91 Å². The van der Waals surface area contributed by atoms with Crippen LogP contribution in [0.5, 0.6) is 0 Å². The molecule has 0 saturated heterocycles. The van der Waals surface area contributed by atoms with Crippen LogP contribution in [0.3, 0.4) is 0 Å². The van der Waals surface area contributed by atoms with E-state index in [0.29, 0.717) is 6.42 Å². The number of carbonyl (C=O) groups excluding carboxylic acids is 1. The van der Waals surface area contributed by atoms with Crippen LogP contribution in [0.25, 0.3) is 0 Å². The molecule has 0 aromatic carbocycles. The molecule has 0 bridgehead atoms. The summed E-state index contributed by atoms with van der Waals surface area (Å²) in [5.41, 5.74) is 0. The van der Waals surface area contributed by atoms with Crippen LogP contribution in [-0.2, 0) is 4.79 Å². The van der Waals surface area contributed by atoms with Crippen molar-refractivity contribution in [3.05, 3.63) is 24.3 Å². The Labute approximate surface area is 224 Å². The van der Waals surface area contributed by atoms with E-state index in [-0.39, 0.29) is 12.5 Å². The second-order valence-electron chi connectivity index (χ2n) is 10.5. The minimum atomic E-state index is -0.836. The highest BCUT2D eigenvalue weighted by Gasteiger charge is 2.17. The fraction of sp³-hybridized carbons (Fsp3) is 0.844. The normalized spacial score (nSPS) is 13.6. The maximum atomic E-state index is 12.2. The molecular formula is C32H61NO3. The minimum Gasteiger partial charge on any atom is -0.394 e. The monoisotopic (exact) mass is 507 g/mol. The van der Waals surface area contributed by atoms with Crippen molar-refractivity contribution < 1.29 is 15.0 Å². The summed E-state index contributed by atoms with van der Waals surface area (Å²) in [5, 5.41) is 22.7. The Kier molecular flexibility index (Phi) is 27.5. The summed E-state index contributed by atoms with van der Waals surface area (Å²) in [6.07, 6.45) is 33.9. The number of nitrogens with one attached hydrogen (secondary N) is 1. The number of unbranched alkanes of at least 4 members (excludes halogenated alkanes) is 18. The number of hydrogen-bond donors (Lipinski definition) is 3. The highest BCUT2D eigenvalue weighted by Crippen LogP contribution is 2.12. The summed E-state index contributed by atoms with van der Waals surface area (Å²) in [5.74, 6) is -0.0774. The largest absolute Gasteiger partial charge is 0.394 e. The van der Waals surface area contributed by atoms with E-state index in [1.54, 1.807) is 6.08 Å². The molecule has 4 heteroatoms. The van der Waals surface area contributed by atoms with Crippen LogP contribution >= 0.6 is 0 Å². The van der Waals surface area contributed by atoms with Crippen LogP contribution < -0.4 is 5.32 Å². The zero-order valence-corrected chi connectivity index (χ0v) is 24.0. The van der Waals surface area contributed by atoms with E-state index in [1.165, 1.54) is 96.3 Å². The van der Waals surface area contributed by atoms with Gasteiger partial charge in [0.25, 0.3) is 0 Å². The molecule has 0 aliphatic heterocycles. The first-order valence-electron chi connectivity index (χ1n) is 15.6. The Morgan fingerprint density at radius 2 is 1.06 bits per heavy atom. The average Bonchev–Trinajstić information content (AvgIpc) is 2.88. The molecule has 4 nitrogen and oxygen atoms in total. The lowest BCUT2D eigenvalue weighted by Gasteiger charge is -2.20. The van der Waals surface area contributed by atoms with Crippen LogP contribution in [0, 0.1) is 0 Å². The SMILES string of the molecule is CCCCCC/C=C/CCCCCCCC(=O)N[C@@H](CO)[C@H](O)/C=C/CCCCCCCCCCC. The molecule has 0 fully saturated rings. The van der Waals surface area contributed by atoms with Crippen molar-refractivity contribution in [3.63, 3.8) is 0 Å². The van der Waals surface area contributed by atoms with Crippen molar-refractivity contribution in [1.29, 1.82) is 0 Å². The Bertz CT molecular complexity index is 518. The summed E-state index contributed by atoms with van der Waals surface area (Å²) in [7, 11) is 0. The molecule has 1 amide bonds. The smallest absolute Gasteiger partial charge is 0.220 e. The van der Waals surface area contributed by atoms with Crippen molar-refractivity contribution in [2.75, 3.05) is 6.61 Å². The molecule has 0 aromatic heterocycles. The first-order chi connectivity index (χ1) is 17.7. The molecule has 0 aromatic rings. The number of allylic oxidation sites excluding steroid dienone is 3. The van der Waals surface area contributed by atoms with E-state index in [4.69, 9.17) is 0 Å². The predicted octanol–water partition coefficient (Wildman–Crippen LogP) is 8.56. The molecule has 0 radical (unpaired) electrons. The van der Waals surface area contributed by atoms with Gasteiger partial charge >= 0.3 is 0 Å². The second kappa shape index (κ2) is 28.4. The van der Waals surface area contributed by atoms with Crippen molar-refractivity contribution in [2.24, 2.45) is 0 Å². The summed E-state index contributed by atoms with van der Waals surface area (Å²) in [4.78, 5) is 12.2. The maximum absolute atomic E-state index is 12.2. The number of carbonyl (C=O) groups is 1. The lowest BCUT2D eigenvalue weighted by molar-refractivity contribution is -0.123. The van der Waals surface area contributed by atoms with Gasteiger partial charge in [-0.1, -0.05) is 128 Å². The fourth-order valence-electron chi connectivity index (χ4n) is 4.46. The minimum absolute atomic E-state index is 0.0774. The molecule has 0 aliphatic rings. The average molecular weight is 508 g/mol. The Hall–Kier alpha value is -1.13. The van der Waals surface area contributed by atoms with Gasteiger partial charge in [0.1, 0.15) is 0 Å². The third-order valence-electron chi connectivity index (χ3n) is 6.93. The van der Waals surface area contributed by atoms with Gasteiger partial charge < -0.3 is 15.5 Å². The molecular weight excluding hydrogens is 446 g/mol. The quantitative estimate of drug-likeness (QED) is 0.0770. The van der Waals surface area contributed by atoms with Gasteiger partial charge in [0, 0.05) is 6.42 Å². The molecule has 3 N–H and O–H groups in total. The van der Waals surface area contributed by atoms with E-state index >= 15 is 0 Å². The first kappa shape index (κ1) is 34.9. The van der Waals surface area contributed by atoms with Crippen LogP contribution in [0.15, 0.2) is 24.3 Å². The van der Waals surface area contributed by atoms with E-state index < -0.39 is 12.1 Å². The third-order valence-corrected chi connectivity index (χ3v) is 6.93. The van der Waals surface area contributed by atoms with Crippen LogP contribution in [-0.4, -0.2) is 34.9 Å². The first-order valence-corrected chi connectivity index (χ1v) is 15.6.